The van der Waals surface area contributed by atoms with Crippen LogP contribution in [0.4, 0.5) is 20.2 Å². The second-order valence-electron chi connectivity index (χ2n) is 6.98. The van der Waals surface area contributed by atoms with Gasteiger partial charge in [0.05, 0.1) is 24.9 Å². The molecule has 0 aromatic heterocycles. The van der Waals surface area contributed by atoms with Gasteiger partial charge in [-0.3, -0.25) is 9.69 Å². The predicted octanol–water partition coefficient (Wildman–Crippen LogP) is 2.90. The number of piperazine rings is 1. The van der Waals surface area contributed by atoms with Gasteiger partial charge in [-0.25, -0.2) is 13.6 Å². The number of halogens is 2. The Hall–Kier alpha value is -3.00. The van der Waals surface area contributed by atoms with Gasteiger partial charge in [-0.1, -0.05) is 0 Å². The molecule has 2 aromatic carbocycles. The fraction of sp³-hybridized carbons (Fsp3) is 0.333. The lowest BCUT2D eigenvalue weighted by Gasteiger charge is -2.40. The lowest BCUT2D eigenvalue weighted by Crippen LogP contribution is -2.53. The van der Waals surface area contributed by atoms with Gasteiger partial charge < -0.3 is 15.0 Å². The number of benzene rings is 2. The number of anilines is 2. The van der Waals surface area contributed by atoms with Crippen LogP contribution >= 0.6 is 0 Å². The van der Waals surface area contributed by atoms with Gasteiger partial charge in [0.15, 0.2) is 0 Å². The quantitative estimate of drug-likeness (QED) is 0.778. The number of carbonyl (C=O) groups is 2. The second-order valence-corrected chi connectivity index (χ2v) is 6.98. The molecule has 2 aromatic rings. The van der Waals surface area contributed by atoms with Crippen LogP contribution in [0.3, 0.4) is 0 Å². The van der Waals surface area contributed by atoms with Crippen LogP contribution in [-0.4, -0.2) is 56.1 Å². The normalized spacial score (nSPS) is 17.1. The Bertz CT molecular complexity index is 889. The van der Waals surface area contributed by atoms with E-state index >= 15 is 0 Å². The Morgan fingerprint density at radius 3 is 2.52 bits per heavy atom. The van der Waals surface area contributed by atoms with Gasteiger partial charge in [0, 0.05) is 37.4 Å². The van der Waals surface area contributed by atoms with Crippen LogP contribution in [0.1, 0.15) is 17.3 Å². The SMILES string of the molecule is COC(=O)c1ccc(N2CCN(CC(=O)Nc3cc(F)ccc3F)C(C)C2)cc1. The molecule has 0 spiro atoms. The number of hydrogen-bond donors (Lipinski definition) is 1. The van der Waals surface area contributed by atoms with E-state index in [0.717, 1.165) is 23.9 Å². The van der Waals surface area contributed by atoms with Crippen LogP contribution in [0.15, 0.2) is 42.5 Å². The van der Waals surface area contributed by atoms with Crippen LogP contribution in [-0.2, 0) is 9.53 Å². The van der Waals surface area contributed by atoms with Crippen LogP contribution in [0, 0.1) is 11.6 Å². The van der Waals surface area contributed by atoms with Crippen molar-refractivity contribution in [2.45, 2.75) is 13.0 Å². The highest BCUT2D eigenvalue weighted by Gasteiger charge is 2.26. The Kier molecular flexibility index (Phi) is 6.43. The summed E-state index contributed by atoms with van der Waals surface area (Å²) < 4.78 is 31.7. The van der Waals surface area contributed by atoms with E-state index in [4.69, 9.17) is 4.74 Å². The first-order valence-electron chi connectivity index (χ1n) is 9.29. The molecule has 8 heteroatoms. The minimum absolute atomic E-state index is 0.0761. The monoisotopic (exact) mass is 403 g/mol. The summed E-state index contributed by atoms with van der Waals surface area (Å²) in [5.41, 5.74) is 1.31. The number of rotatable bonds is 5. The highest BCUT2D eigenvalue weighted by Crippen LogP contribution is 2.21. The Morgan fingerprint density at radius 1 is 1.14 bits per heavy atom. The number of carbonyl (C=O) groups excluding carboxylic acids is 2. The number of methoxy groups -OCH3 is 1. The Morgan fingerprint density at radius 2 is 1.86 bits per heavy atom. The molecule has 1 saturated heterocycles. The van der Waals surface area contributed by atoms with Crippen molar-refractivity contribution in [1.82, 2.24) is 4.90 Å². The number of nitrogens with zero attached hydrogens (tertiary/aromatic N) is 2. The average Bonchev–Trinajstić information content (AvgIpc) is 2.71. The van der Waals surface area contributed by atoms with E-state index in [1.807, 2.05) is 24.0 Å². The molecule has 6 nitrogen and oxygen atoms in total. The molecule has 154 valence electrons. The van der Waals surface area contributed by atoms with Crippen LogP contribution < -0.4 is 10.2 Å². The number of amides is 1. The molecule has 0 aliphatic carbocycles. The van der Waals surface area contributed by atoms with Crippen molar-refractivity contribution in [2.24, 2.45) is 0 Å². The van der Waals surface area contributed by atoms with E-state index in [1.54, 1.807) is 12.1 Å². The third kappa shape index (κ3) is 5.08. The van der Waals surface area contributed by atoms with E-state index in [-0.39, 0.29) is 24.2 Å². The van der Waals surface area contributed by atoms with Crippen LogP contribution in [0.2, 0.25) is 0 Å². The van der Waals surface area contributed by atoms with Gasteiger partial charge >= 0.3 is 5.97 Å². The maximum Gasteiger partial charge on any atom is 0.337 e. The molecule has 1 aliphatic rings. The van der Waals surface area contributed by atoms with Gasteiger partial charge in [0.1, 0.15) is 11.6 Å². The summed E-state index contributed by atoms with van der Waals surface area (Å²) in [5, 5.41) is 2.43. The summed E-state index contributed by atoms with van der Waals surface area (Å²) in [4.78, 5) is 28.0. The van der Waals surface area contributed by atoms with E-state index in [1.165, 1.54) is 7.11 Å². The molecule has 1 aliphatic heterocycles. The minimum atomic E-state index is -0.673. The predicted molar refractivity (Wildman–Crippen MR) is 106 cm³/mol. The second kappa shape index (κ2) is 9.00. The zero-order valence-electron chi connectivity index (χ0n) is 16.3. The number of nitrogens with one attached hydrogen (secondary N) is 1. The molecule has 1 unspecified atom stereocenters. The van der Waals surface area contributed by atoms with Gasteiger partial charge in [0.25, 0.3) is 0 Å². The Balaban J connectivity index is 1.56. The molecular formula is C21H23F2N3O3. The van der Waals surface area contributed by atoms with Gasteiger partial charge in [0.2, 0.25) is 5.91 Å². The molecule has 1 amide bonds. The topological polar surface area (TPSA) is 61.9 Å². The highest BCUT2D eigenvalue weighted by atomic mass is 19.1. The fourth-order valence-electron chi connectivity index (χ4n) is 3.36. The van der Waals surface area contributed by atoms with Crippen molar-refractivity contribution in [3.05, 3.63) is 59.7 Å². The molecule has 3 rings (SSSR count). The van der Waals surface area contributed by atoms with E-state index in [2.05, 4.69) is 10.2 Å². The van der Waals surface area contributed by atoms with Crippen molar-refractivity contribution in [3.8, 4) is 0 Å². The zero-order valence-corrected chi connectivity index (χ0v) is 16.3. The smallest absolute Gasteiger partial charge is 0.337 e. The third-order valence-corrected chi connectivity index (χ3v) is 4.97. The number of ether oxygens (including phenoxy) is 1. The number of hydrogen-bond acceptors (Lipinski definition) is 5. The molecule has 0 radical (unpaired) electrons. The maximum atomic E-state index is 13.7. The first kappa shape index (κ1) is 20.7. The maximum absolute atomic E-state index is 13.7. The van der Waals surface area contributed by atoms with Crippen LogP contribution in [0.25, 0.3) is 0 Å². The van der Waals surface area contributed by atoms with E-state index in [0.29, 0.717) is 25.2 Å². The molecule has 1 atom stereocenters. The van der Waals surface area contributed by atoms with Gasteiger partial charge in [-0.05, 0) is 43.3 Å². The fourth-order valence-corrected chi connectivity index (χ4v) is 3.36. The number of esters is 1. The zero-order chi connectivity index (χ0) is 21.0. The molecule has 1 fully saturated rings. The average molecular weight is 403 g/mol. The molecule has 0 bridgehead atoms. The lowest BCUT2D eigenvalue weighted by atomic mass is 10.1. The Labute approximate surface area is 168 Å². The minimum Gasteiger partial charge on any atom is -0.465 e. The lowest BCUT2D eigenvalue weighted by molar-refractivity contribution is -0.117. The highest BCUT2D eigenvalue weighted by molar-refractivity contribution is 5.92. The molecular weight excluding hydrogens is 380 g/mol. The van der Waals surface area contributed by atoms with Gasteiger partial charge in [-0.15, -0.1) is 0 Å². The van der Waals surface area contributed by atoms with Crippen molar-refractivity contribution in [1.29, 1.82) is 0 Å². The van der Waals surface area contributed by atoms with Crippen molar-refractivity contribution in [3.63, 3.8) is 0 Å². The largest absolute Gasteiger partial charge is 0.465 e. The molecule has 0 saturated carbocycles. The summed E-state index contributed by atoms with van der Waals surface area (Å²) in [6.45, 7) is 4.12. The first-order chi connectivity index (χ1) is 13.9. The summed E-state index contributed by atoms with van der Waals surface area (Å²) >= 11 is 0. The third-order valence-electron chi connectivity index (χ3n) is 4.97. The van der Waals surface area contributed by atoms with E-state index in [9.17, 15) is 18.4 Å². The first-order valence-corrected chi connectivity index (χ1v) is 9.29. The molecule has 1 heterocycles. The molecule has 1 N–H and O–H groups in total. The van der Waals surface area contributed by atoms with Crippen molar-refractivity contribution in [2.75, 3.05) is 43.5 Å². The van der Waals surface area contributed by atoms with E-state index < -0.39 is 17.5 Å². The van der Waals surface area contributed by atoms with Crippen molar-refractivity contribution >= 4 is 23.3 Å². The standard InChI is InChI=1S/C21H23F2N3O3/c1-14-12-26(17-6-3-15(4-7-17)21(28)29-2)10-9-25(14)13-20(27)24-19-11-16(22)5-8-18(19)23/h3-8,11,14H,9-10,12-13H2,1-2H3,(H,24,27). The van der Waals surface area contributed by atoms with Crippen molar-refractivity contribution < 1.29 is 23.1 Å². The molecule has 29 heavy (non-hydrogen) atoms. The summed E-state index contributed by atoms with van der Waals surface area (Å²) in [7, 11) is 1.34. The van der Waals surface area contributed by atoms with Gasteiger partial charge in [-0.2, -0.15) is 0 Å². The summed E-state index contributed by atoms with van der Waals surface area (Å²) in [6.07, 6.45) is 0. The summed E-state index contributed by atoms with van der Waals surface area (Å²) in [6, 6.07) is 10.2. The summed E-state index contributed by atoms with van der Waals surface area (Å²) in [5.74, 6) is -2.05. The van der Waals surface area contributed by atoms with Crippen LogP contribution in [0.5, 0.6) is 0 Å².